The van der Waals surface area contributed by atoms with E-state index in [2.05, 4.69) is 0 Å². The van der Waals surface area contributed by atoms with Crippen molar-refractivity contribution in [3.63, 3.8) is 0 Å². The lowest BCUT2D eigenvalue weighted by atomic mass is 10.1. The Kier molecular flexibility index (Phi) is 3.98. The van der Waals surface area contributed by atoms with Gasteiger partial charge in [0.1, 0.15) is 21.5 Å². The monoisotopic (exact) mass is 250 g/mol. The third-order valence-corrected chi connectivity index (χ3v) is 3.07. The minimum atomic E-state index is -3.26. The first-order valence-electron chi connectivity index (χ1n) is 4.61. The van der Waals surface area contributed by atoms with Gasteiger partial charge in [-0.15, -0.1) is 0 Å². The van der Waals surface area contributed by atoms with E-state index in [9.17, 15) is 22.3 Å². The molecule has 0 aromatic heterocycles. The first-order valence-corrected chi connectivity index (χ1v) is 6.67. The number of benzene rings is 1. The van der Waals surface area contributed by atoms with Crippen LogP contribution in [0.2, 0.25) is 0 Å². The molecule has 0 fully saturated rings. The van der Waals surface area contributed by atoms with Crippen LogP contribution in [0, 0.1) is 11.6 Å². The first-order chi connectivity index (χ1) is 7.31. The minimum Gasteiger partial charge on any atom is -0.388 e. The first kappa shape index (κ1) is 13.1. The SMILES string of the molecule is CS(=O)(=O)CCC(O)c1c(F)cccc1F. The molecule has 0 aliphatic carbocycles. The fraction of sp³-hybridized carbons (Fsp3) is 0.400. The lowest BCUT2D eigenvalue weighted by molar-refractivity contribution is 0.164. The molecule has 90 valence electrons. The summed E-state index contributed by atoms with van der Waals surface area (Å²) in [5, 5.41) is 9.50. The van der Waals surface area contributed by atoms with Crippen molar-refractivity contribution in [2.24, 2.45) is 0 Å². The Morgan fingerprint density at radius 3 is 2.25 bits per heavy atom. The highest BCUT2D eigenvalue weighted by molar-refractivity contribution is 7.90. The summed E-state index contributed by atoms with van der Waals surface area (Å²) < 4.78 is 48.0. The molecule has 0 aliphatic rings. The van der Waals surface area contributed by atoms with E-state index in [0.29, 0.717) is 0 Å². The van der Waals surface area contributed by atoms with Crippen LogP contribution in [-0.4, -0.2) is 25.5 Å². The van der Waals surface area contributed by atoms with Crippen molar-refractivity contribution in [3.05, 3.63) is 35.4 Å². The van der Waals surface area contributed by atoms with Crippen molar-refractivity contribution < 1.29 is 22.3 Å². The Morgan fingerprint density at radius 1 is 1.31 bits per heavy atom. The molecule has 0 bridgehead atoms. The molecule has 0 spiro atoms. The molecule has 0 radical (unpaired) electrons. The zero-order valence-corrected chi connectivity index (χ0v) is 9.47. The smallest absolute Gasteiger partial charge is 0.147 e. The van der Waals surface area contributed by atoms with Crippen molar-refractivity contribution in [1.29, 1.82) is 0 Å². The van der Waals surface area contributed by atoms with Gasteiger partial charge in [-0.05, 0) is 18.6 Å². The highest BCUT2D eigenvalue weighted by atomic mass is 32.2. The maximum Gasteiger partial charge on any atom is 0.147 e. The second-order valence-corrected chi connectivity index (χ2v) is 5.83. The summed E-state index contributed by atoms with van der Waals surface area (Å²) in [6.07, 6.45) is -0.676. The maximum atomic E-state index is 13.2. The Hall–Kier alpha value is -1.01. The number of hydrogen-bond donors (Lipinski definition) is 1. The van der Waals surface area contributed by atoms with Gasteiger partial charge >= 0.3 is 0 Å². The summed E-state index contributed by atoms with van der Waals surface area (Å²) >= 11 is 0. The third kappa shape index (κ3) is 3.53. The molecular formula is C10H12F2O3S. The minimum absolute atomic E-state index is 0.226. The highest BCUT2D eigenvalue weighted by Crippen LogP contribution is 2.23. The Balaban J connectivity index is 2.85. The summed E-state index contributed by atoms with van der Waals surface area (Å²) in [7, 11) is -3.26. The maximum absolute atomic E-state index is 13.2. The van der Waals surface area contributed by atoms with E-state index in [4.69, 9.17) is 0 Å². The van der Waals surface area contributed by atoms with Crippen LogP contribution in [0.4, 0.5) is 8.78 Å². The predicted octanol–water partition coefficient (Wildman–Crippen LogP) is 1.43. The van der Waals surface area contributed by atoms with Crippen LogP contribution in [0.25, 0.3) is 0 Å². The molecule has 0 heterocycles. The van der Waals surface area contributed by atoms with Crippen molar-refractivity contribution in [2.45, 2.75) is 12.5 Å². The summed E-state index contributed by atoms with van der Waals surface area (Å²) in [6, 6.07) is 3.21. The van der Waals surface area contributed by atoms with Crippen LogP contribution in [0.5, 0.6) is 0 Å². The average Bonchev–Trinajstić information content (AvgIpc) is 2.13. The molecule has 0 amide bonds. The molecule has 1 aromatic rings. The van der Waals surface area contributed by atoms with Gasteiger partial charge < -0.3 is 5.11 Å². The van der Waals surface area contributed by atoms with Gasteiger partial charge in [0.15, 0.2) is 0 Å². The quantitative estimate of drug-likeness (QED) is 0.879. The molecule has 3 nitrogen and oxygen atoms in total. The van der Waals surface area contributed by atoms with Crippen molar-refractivity contribution in [2.75, 3.05) is 12.0 Å². The predicted molar refractivity (Wildman–Crippen MR) is 55.6 cm³/mol. The number of sulfone groups is 1. The van der Waals surface area contributed by atoms with E-state index < -0.39 is 33.1 Å². The molecule has 6 heteroatoms. The summed E-state index contributed by atoms with van der Waals surface area (Å²) in [4.78, 5) is 0. The zero-order valence-electron chi connectivity index (χ0n) is 8.65. The van der Waals surface area contributed by atoms with E-state index in [1.165, 1.54) is 6.07 Å². The van der Waals surface area contributed by atoms with Gasteiger partial charge in [0, 0.05) is 6.26 Å². The Labute approximate surface area is 92.6 Å². The summed E-state index contributed by atoms with van der Waals surface area (Å²) in [6.45, 7) is 0. The van der Waals surface area contributed by atoms with E-state index in [0.717, 1.165) is 18.4 Å². The fourth-order valence-electron chi connectivity index (χ4n) is 1.30. The normalized spacial score (nSPS) is 13.8. The van der Waals surface area contributed by atoms with Gasteiger partial charge in [0.2, 0.25) is 0 Å². The van der Waals surface area contributed by atoms with Crippen LogP contribution < -0.4 is 0 Å². The third-order valence-electron chi connectivity index (χ3n) is 2.10. The number of aliphatic hydroxyl groups excluding tert-OH is 1. The molecule has 0 saturated carbocycles. The average molecular weight is 250 g/mol. The Morgan fingerprint density at radius 2 is 1.81 bits per heavy atom. The van der Waals surface area contributed by atoms with Crippen molar-refractivity contribution in [1.82, 2.24) is 0 Å². The van der Waals surface area contributed by atoms with E-state index in [-0.39, 0.29) is 12.2 Å². The van der Waals surface area contributed by atoms with Gasteiger partial charge in [0.25, 0.3) is 0 Å². The zero-order chi connectivity index (χ0) is 12.3. The van der Waals surface area contributed by atoms with E-state index in [1.54, 1.807) is 0 Å². The van der Waals surface area contributed by atoms with Gasteiger partial charge in [-0.25, -0.2) is 17.2 Å². The van der Waals surface area contributed by atoms with Gasteiger partial charge in [-0.3, -0.25) is 0 Å². The fourth-order valence-corrected chi connectivity index (χ4v) is 1.95. The largest absolute Gasteiger partial charge is 0.388 e. The van der Waals surface area contributed by atoms with Crippen LogP contribution in [0.3, 0.4) is 0 Å². The molecule has 1 atom stereocenters. The summed E-state index contributed by atoms with van der Waals surface area (Å²) in [5.41, 5.74) is -0.480. The molecular weight excluding hydrogens is 238 g/mol. The number of hydrogen-bond acceptors (Lipinski definition) is 3. The van der Waals surface area contributed by atoms with Crippen LogP contribution in [0.15, 0.2) is 18.2 Å². The van der Waals surface area contributed by atoms with Gasteiger partial charge in [0.05, 0.1) is 17.4 Å². The molecule has 1 aromatic carbocycles. The summed E-state index contributed by atoms with van der Waals surface area (Å²) in [5.74, 6) is -2.07. The molecule has 1 N–H and O–H groups in total. The topological polar surface area (TPSA) is 54.4 Å². The molecule has 0 aliphatic heterocycles. The van der Waals surface area contributed by atoms with Crippen molar-refractivity contribution >= 4 is 9.84 Å². The number of halogens is 2. The lowest BCUT2D eigenvalue weighted by Crippen LogP contribution is -2.11. The van der Waals surface area contributed by atoms with Crippen LogP contribution in [-0.2, 0) is 9.84 Å². The number of aliphatic hydroxyl groups is 1. The molecule has 0 saturated heterocycles. The van der Waals surface area contributed by atoms with E-state index >= 15 is 0 Å². The number of rotatable bonds is 4. The highest BCUT2D eigenvalue weighted by Gasteiger charge is 2.19. The second kappa shape index (κ2) is 4.88. The van der Waals surface area contributed by atoms with Crippen LogP contribution in [0.1, 0.15) is 18.1 Å². The standard InChI is InChI=1S/C10H12F2O3S/c1-16(14,15)6-5-9(13)10-7(11)3-2-4-8(10)12/h2-4,9,13H,5-6H2,1H3. The Bertz CT molecular complexity index is 451. The lowest BCUT2D eigenvalue weighted by Gasteiger charge is -2.11. The van der Waals surface area contributed by atoms with Gasteiger partial charge in [-0.1, -0.05) is 6.07 Å². The molecule has 1 rings (SSSR count). The molecule has 16 heavy (non-hydrogen) atoms. The molecule has 1 unspecified atom stereocenters. The van der Waals surface area contributed by atoms with Gasteiger partial charge in [-0.2, -0.15) is 0 Å². The second-order valence-electron chi connectivity index (χ2n) is 3.57. The van der Waals surface area contributed by atoms with Crippen LogP contribution >= 0.6 is 0 Å². The van der Waals surface area contributed by atoms with Crippen molar-refractivity contribution in [3.8, 4) is 0 Å². The van der Waals surface area contributed by atoms with E-state index in [1.807, 2.05) is 0 Å².